The summed E-state index contributed by atoms with van der Waals surface area (Å²) < 4.78 is 1.32. The van der Waals surface area contributed by atoms with Crippen molar-refractivity contribution in [2.45, 2.75) is 47.2 Å². The smallest absolute Gasteiger partial charge is 0.105 e. The second-order valence-corrected chi connectivity index (χ2v) is 6.51. The van der Waals surface area contributed by atoms with E-state index in [1.165, 1.54) is 56.6 Å². The highest BCUT2D eigenvalue weighted by atomic mass is 15.4. The van der Waals surface area contributed by atoms with Crippen molar-refractivity contribution < 1.29 is 4.48 Å². The zero-order chi connectivity index (χ0) is 13.5. The molecule has 2 nitrogen and oxygen atoms in total. The summed E-state index contributed by atoms with van der Waals surface area (Å²) in [6, 6.07) is 5.03. The summed E-state index contributed by atoms with van der Waals surface area (Å²) in [5.74, 6) is 0. The predicted octanol–water partition coefficient (Wildman–Crippen LogP) is 3.22. The maximum absolute atomic E-state index is 2.51. The number of hydrogen-bond donors (Lipinski definition) is 0. The molecule has 0 aliphatic carbocycles. The van der Waals surface area contributed by atoms with Crippen molar-refractivity contribution in [2.75, 3.05) is 33.2 Å². The molecule has 0 aromatic heterocycles. The molecule has 2 aliphatic rings. The Kier molecular flexibility index (Phi) is 4.55. The summed E-state index contributed by atoms with van der Waals surface area (Å²) >= 11 is 0. The molecule has 1 aromatic rings. The SMILES string of the molecule is C.CCc1cc2c(cc1CC)C[N+]1(CCN(C)CC1)C2. The normalized spacial score (nSPS) is 20.8. The van der Waals surface area contributed by atoms with Gasteiger partial charge in [0.2, 0.25) is 0 Å². The van der Waals surface area contributed by atoms with Gasteiger partial charge in [0.1, 0.15) is 13.1 Å². The molecule has 3 rings (SSSR count). The van der Waals surface area contributed by atoms with Crippen LogP contribution in [-0.2, 0) is 25.9 Å². The van der Waals surface area contributed by atoms with Crippen LogP contribution in [0.4, 0.5) is 0 Å². The summed E-state index contributed by atoms with van der Waals surface area (Å²) in [7, 11) is 2.25. The van der Waals surface area contributed by atoms with Crippen LogP contribution in [-0.4, -0.2) is 42.6 Å². The van der Waals surface area contributed by atoms with E-state index in [2.05, 4.69) is 37.9 Å². The lowest BCUT2D eigenvalue weighted by Crippen LogP contribution is -2.55. The lowest BCUT2D eigenvalue weighted by atomic mass is 9.97. The Morgan fingerprint density at radius 1 is 0.950 bits per heavy atom. The molecule has 0 saturated carbocycles. The van der Waals surface area contributed by atoms with Crippen molar-refractivity contribution in [2.24, 2.45) is 0 Å². The van der Waals surface area contributed by atoms with Crippen molar-refractivity contribution >= 4 is 0 Å². The number of piperazine rings is 1. The topological polar surface area (TPSA) is 3.24 Å². The van der Waals surface area contributed by atoms with Gasteiger partial charge in [-0.05, 0) is 43.1 Å². The number of hydrogen-bond acceptors (Lipinski definition) is 1. The van der Waals surface area contributed by atoms with E-state index in [0.717, 1.165) is 0 Å². The number of nitrogens with zero attached hydrogens (tertiary/aromatic N) is 2. The van der Waals surface area contributed by atoms with Gasteiger partial charge in [0, 0.05) is 24.2 Å². The molecule has 0 amide bonds. The van der Waals surface area contributed by atoms with Gasteiger partial charge in [-0.1, -0.05) is 21.3 Å². The number of likely N-dealkylation sites (N-methyl/N-ethyl adjacent to an activating group) is 1. The number of rotatable bonds is 2. The third-order valence-electron chi connectivity index (χ3n) is 5.21. The Morgan fingerprint density at radius 3 is 1.80 bits per heavy atom. The van der Waals surface area contributed by atoms with Gasteiger partial charge in [0.25, 0.3) is 0 Å². The van der Waals surface area contributed by atoms with Crippen molar-refractivity contribution in [3.63, 3.8) is 0 Å². The van der Waals surface area contributed by atoms with Crippen LogP contribution in [0.25, 0.3) is 0 Å². The first kappa shape index (κ1) is 15.5. The largest absolute Gasteiger partial charge is 0.314 e. The number of aryl methyl sites for hydroxylation is 2. The number of quaternary nitrogens is 1. The van der Waals surface area contributed by atoms with E-state index in [4.69, 9.17) is 0 Å². The first-order valence-electron chi connectivity index (χ1n) is 7.83. The van der Waals surface area contributed by atoms with Gasteiger partial charge in [-0.3, -0.25) is 4.90 Å². The van der Waals surface area contributed by atoms with E-state index in [0.29, 0.717) is 0 Å². The highest BCUT2D eigenvalue weighted by molar-refractivity contribution is 5.39. The highest BCUT2D eigenvalue weighted by Gasteiger charge is 2.38. The fraction of sp³-hybridized carbons (Fsp3) is 0.667. The number of benzene rings is 1. The van der Waals surface area contributed by atoms with Crippen LogP contribution in [0.1, 0.15) is 43.5 Å². The minimum atomic E-state index is 0. The van der Waals surface area contributed by atoms with E-state index in [-0.39, 0.29) is 7.43 Å². The van der Waals surface area contributed by atoms with Gasteiger partial charge in [-0.15, -0.1) is 0 Å². The van der Waals surface area contributed by atoms with Gasteiger partial charge >= 0.3 is 0 Å². The van der Waals surface area contributed by atoms with E-state index in [1.54, 1.807) is 22.3 Å². The Bertz CT molecular complexity index is 436. The third-order valence-corrected chi connectivity index (χ3v) is 5.21. The van der Waals surface area contributed by atoms with Crippen LogP contribution in [0.15, 0.2) is 12.1 Å². The predicted molar refractivity (Wildman–Crippen MR) is 86.8 cm³/mol. The summed E-state index contributed by atoms with van der Waals surface area (Å²) in [6.07, 6.45) is 2.36. The van der Waals surface area contributed by atoms with Gasteiger partial charge in [0.05, 0.1) is 13.1 Å². The molecule has 112 valence electrons. The molecular weight excluding hydrogens is 244 g/mol. The molecular formula is C18H31N2+. The Labute approximate surface area is 125 Å². The first-order valence-corrected chi connectivity index (χ1v) is 7.83. The van der Waals surface area contributed by atoms with E-state index < -0.39 is 0 Å². The minimum Gasteiger partial charge on any atom is -0.314 e. The summed E-state index contributed by atoms with van der Waals surface area (Å²) in [6.45, 7) is 12.3. The fourth-order valence-electron chi connectivity index (χ4n) is 3.83. The van der Waals surface area contributed by atoms with Crippen molar-refractivity contribution in [3.8, 4) is 0 Å². The van der Waals surface area contributed by atoms with E-state index in [1.807, 2.05) is 0 Å². The second-order valence-electron chi connectivity index (χ2n) is 6.51. The molecule has 2 heterocycles. The summed E-state index contributed by atoms with van der Waals surface area (Å²) in [4.78, 5) is 2.47. The highest BCUT2D eigenvalue weighted by Crippen LogP contribution is 2.33. The van der Waals surface area contributed by atoms with Crippen LogP contribution < -0.4 is 0 Å². The molecule has 2 aliphatic heterocycles. The quantitative estimate of drug-likeness (QED) is 0.749. The van der Waals surface area contributed by atoms with Crippen LogP contribution in [0.3, 0.4) is 0 Å². The van der Waals surface area contributed by atoms with Crippen LogP contribution >= 0.6 is 0 Å². The van der Waals surface area contributed by atoms with Crippen molar-refractivity contribution in [3.05, 3.63) is 34.4 Å². The van der Waals surface area contributed by atoms with Gasteiger partial charge in [-0.2, -0.15) is 0 Å². The van der Waals surface area contributed by atoms with Crippen LogP contribution in [0, 0.1) is 0 Å². The summed E-state index contributed by atoms with van der Waals surface area (Å²) in [5, 5.41) is 0. The minimum absolute atomic E-state index is 0. The Morgan fingerprint density at radius 2 is 1.40 bits per heavy atom. The number of fused-ring (bicyclic) bond motifs is 1. The van der Waals surface area contributed by atoms with Crippen molar-refractivity contribution in [1.82, 2.24) is 4.90 Å². The third kappa shape index (κ3) is 2.64. The van der Waals surface area contributed by atoms with Crippen molar-refractivity contribution in [1.29, 1.82) is 0 Å². The molecule has 2 heteroatoms. The molecule has 0 atom stereocenters. The molecule has 0 unspecified atom stereocenters. The maximum Gasteiger partial charge on any atom is 0.105 e. The van der Waals surface area contributed by atoms with Gasteiger partial charge < -0.3 is 4.48 Å². The van der Waals surface area contributed by atoms with Crippen LogP contribution in [0.2, 0.25) is 0 Å². The molecule has 1 aromatic carbocycles. The molecule has 0 radical (unpaired) electrons. The molecule has 0 bridgehead atoms. The lowest BCUT2D eigenvalue weighted by Gasteiger charge is -2.40. The van der Waals surface area contributed by atoms with Gasteiger partial charge in [0.15, 0.2) is 0 Å². The average Bonchev–Trinajstić information content (AvgIpc) is 2.78. The Balaban J connectivity index is 0.00000147. The molecule has 1 fully saturated rings. The van der Waals surface area contributed by atoms with Gasteiger partial charge in [-0.25, -0.2) is 0 Å². The molecule has 0 N–H and O–H groups in total. The molecule has 20 heavy (non-hydrogen) atoms. The van der Waals surface area contributed by atoms with Crippen LogP contribution in [0.5, 0.6) is 0 Å². The maximum atomic E-state index is 2.51. The zero-order valence-corrected chi connectivity index (χ0v) is 12.7. The summed E-state index contributed by atoms with van der Waals surface area (Å²) in [5.41, 5.74) is 6.43. The zero-order valence-electron chi connectivity index (χ0n) is 12.7. The monoisotopic (exact) mass is 275 g/mol. The molecule has 1 saturated heterocycles. The standard InChI is InChI=1S/C17H27N2.CH4/c1-4-14-10-16-12-19(8-6-18(3)7-9-19)13-17(16)11-15(14)5-2;/h10-11H,4-9,12-13H2,1-3H3;1H4/q+1;. The average molecular weight is 275 g/mol. The Hall–Kier alpha value is -0.860. The second kappa shape index (κ2) is 5.87. The fourth-order valence-corrected chi connectivity index (χ4v) is 3.83. The molecule has 1 spiro atoms. The first-order chi connectivity index (χ1) is 9.15. The lowest BCUT2D eigenvalue weighted by molar-refractivity contribution is -0.950. The van der Waals surface area contributed by atoms with E-state index >= 15 is 0 Å². The van der Waals surface area contributed by atoms with E-state index in [9.17, 15) is 0 Å².